The number of nitrogens with one attached hydrogen (secondary N) is 1. The summed E-state index contributed by atoms with van der Waals surface area (Å²) in [5.74, 6) is -0.429. The maximum Gasteiger partial charge on any atom is 0.247 e. The van der Waals surface area contributed by atoms with Gasteiger partial charge in [-0.1, -0.05) is 41.4 Å². The van der Waals surface area contributed by atoms with Crippen LogP contribution in [-0.2, 0) is 9.59 Å². The molecule has 0 aliphatic carbocycles. The lowest BCUT2D eigenvalue weighted by atomic mass is 10.0. The zero-order chi connectivity index (χ0) is 20.1. The van der Waals surface area contributed by atoms with Crippen molar-refractivity contribution < 1.29 is 14.4 Å². The van der Waals surface area contributed by atoms with Crippen LogP contribution >= 0.6 is 11.6 Å². The highest BCUT2D eigenvalue weighted by Gasteiger charge is 2.34. The summed E-state index contributed by atoms with van der Waals surface area (Å²) in [7, 11) is 0. The summed E-state index contributed by atoms with van der Waals surface area (Å²) in [5.41, 5.74) is 2.33. The van der Waals surface area contributed by atoms with Crippen molar-refractivity contribution in [2.75, 3.05) is 11.9 Å². The van der Waals surface area contributed by atoms with Crippen LogP contribution in [-0.4, -0.2) is 35.1 Å². The fraction of sp³-hybridized carbons (Fsp3) is 0.318. The number of hydrogen-bond donors (Lipinski definition) is 1. The van der Waals surface area contributed by atoms with Crippen molar-refractivity contribution in [2.45, 2.75) is 38.6 Å². The molecular formula is C22H23ClN2O3. The third-order valence-electron chi connectivity index (χ3n) is 4.93. The van der Waals surface area contributed by atoms with Crippen molar-refractivity contribution in [3.8, 4) is 0 Å². The number of likely N-dealkylation sites (tertiary alicyclic amines) is 1. The van der Waals surface area contributed by atoms with E-state index in [0.717, 1.165) is 12.0 Å². The normalized spacial score (nSPS) is 16.1. The highest BCUT2D eigenvalue weighted by atomic mass is 35.5. The van der Waals surface area contributed by atoms with Gasteiger partial charge >= 0.3 is 0 Å². The fourth-order valence-corrected chi connectivity index (χ4v) is 3.47. The molecule has 1 atom stereocenters. The summed E-state index contributed by atoms with van der Waals surface area (Å²) < 4.78 is 0. The molecular weight excluding hydrogens is 376 g/mol. The van der Waals surface area contributed by atoms with Gasteiger partial charge in [0.25, 0.3) is 0 Å². The minimum absolute atomic E-state index is 0.0605. The summed E-state index contributed by atoms with van der Waals surface area (Å²) in [6, 6.07) is 13.7. The number of carbonyl (C=O) groups is 3. The SMILES string of the molecule is Cc1ccc(C(=O)CCC(=O)N2CCC[C@H]2C(=O)Nc2ccc(Cl)cc2)cc1. The van der Waals surface area contributed by atoms with Gasteiger partial charge in [-0.15, -0.1) is 0 Å². The third kappa shape index (κ3) is 4.98. The van der Waals surface area contributed by atoms with Gasteiger partial charge < -0.3 is 10.2 Å². The Morgan fingerprint density at radius 1 is 1.04 bits per heavy atom. The Bertz CT molecular complexity index is 862. The molecule has 0 unspecified atom stereocenters. The molecule has 2 amide bonds. The van der Waals surface area contributed by atoms with E-state index in [1.54, 1.807) is 41.3 Å². The summed E-state index contributed by atoms with van der Waals surface area (Å²) in [6.45, 7) is 2.50. The topological polar surface area (TPSA) is 66.5 Å². The Balaban J connectivity index is 1.56. The van der Waals surface area contributed by atoms with Gasteiger partial charge in [0.1, 0.15) is 6.04 Å². The molecule has 1 N–H and O–H groups in total. The lowest BCUT2D eigenvalue weighted by Gasteiger charge is -2.24. The number of carbonyl (C=O) groups excluding carboxylic acids is 3. The van der Waals surface area contributed by atoms with Crippen LogP contribution in [0.2, 0.25) is 5.02 Å². The van der Waals surface area contributed by atoms with Crippen LogP contribution in [0.1, 0.15) is 41.6 Å². The molecule has 2 aromatic carbocycles. The van der Waals surface area contributed by atoms with E-state index < -0.39 is 6.04 Å². The molecule has 5 nitrogen and oxygen atoms in total. The van der Waals surface area contributed by atoms with E-state index in [2.05, 4.69) is 5.32 Å². The van der Waals surface area contributed by atoms with Gasteiger partial charge in [-0.05, 0) is 44.0 Å². The van der Waals surface area contributed by atoms with Crippen LogP contribution in [0.15, 0.2) is 48.5 Å². The first-order chi connectivity index (χ1) is 13.4. The van der Waals surface area contributed by atoms with Crippen LogP contribution < -0.4 is 5.32 Å². The van der Waals surface area contributed by atoms with E-state index in [4.69, 9.17) is 11.6 Å². The van der Waals surface area contributed by atoms with Crippen molar-refractivity contribution in [2.24, 2.45) is 0 Å². The first-order valence-electron chi connectivity index (χ1n) is 9.40. The second kappa shape index (κ2) is 9.02. The maximum atomic E-state index is 12.6. The third-order valence-corrected chi connectivity index (χ3v) is 5.18. The zero-order valence-corrected chi connectivity index (χ0v) is 16.5. The molecule has 0 radical (unpaired) electrons. The molecule has 1 aliphatic rings. The second-order valence-electron chi connectivity index (χ2n) is 7.03. The van der Waals surface area contributed by atoms with Gasteiger partial charge in [-0.25, -0.2) is 0 Å². The monoisotopic (exact) mass is 398 g/mol. The van der Waals surface area contributed by atoms with Gasteiger partial charge in [0.15, 0.2) is 5.78 Å². The number of halogens is 1. The lowest BCUT2D eigenvalue weighted by Crippen LogP contribution is -2.43. The van der Waals surface area contributed by atoms with Gasteiger partial charge in [0.05, 0.1) is 0 Å². The van der Waals surface area contributed by atoms with Crippen molar-refractivity contribution in [1.29, 1.82) is 0 Å². The van der Waals surface area contributed by atoms with E-state index in [9.17, 15) is 14.4 Å². The number of anilines is 1. The van der Waals surface area contributed by atoms with Crippen LogP contribution in [0, 0.1) is 6.92 Å². The molecule has 1 saturated heterocycles. The molecule has 1 aliphatic heterocycles. The van der Waals surface area contributed by atoms with E-state index in [1.165, 1.54) is 0 Å². The average molecular weight is 399 g/mol. The number of benzene rings is 2. The van der Waals surface area contributed by atoms with Gasteiger partial charge in [-0.3, -0.25) is 14.4 Å². The molecule has 1 heterocycles. The van der Waals surface area contributed by atoms with Gasteiger partial charge in [-0.2, -0.15) is 0 Å². The number of amides is 2. The van der Waals surface area contributed by atoms with Crippen LogP contribution in [0.25, 0.3) is 0 Å². The van der Waals surface area contributed by atoms with E-state index >= 15 is 0 Å². The highest BCUT2D eigenvalue weighted by Crippen LogP contribution is 2.22. The number of ketones is 1. The first-order valence-corrected chi connectivity index (χ1v) is 9.77. The number of aryl methyl sites for hydroxylation is 1. The molecule has 2 aromatic rings. The molecule has 0 spiro atoms. The zero-order valence-electron chi connectivity index (χ0n) is 15.8. The first kappa shape index (κ1) is 20.1. The van der Waals surface area contributed by atoms with E-state index in [1.807, 2.05) is 19.1 Å². The minimum Gasteiger partial charge on any atom is -0.331 e. The molecule has 0 saturated carbocycles. The number of nitrogens with zero attached hydrogens (tertiary/aromatic N) is 1. The number of hydrogen-bond acceptors (Lipinski definition) is 3. The Kier molecular flexibility index (Phi) is 6.47. The quantitative estimate of drug-likeness (QED) is 0.740. The Morgan fingerprint density at radius 2 is 1.71 bits per heavy atom. The molecule has 6 heteroatoms. The van der Waals surface area contributed by atoms with Gasteiger partial charge in [0, 0.05) is 35.7 Å². The molecule has 0 bridgehead atoms. The van der Waals surface area contributed by atoms with E-state index in [-0.39, 0.29) is 30.4 Å². The van der Waals surface area contributed by atoms with Crippen LogP contribution in [0.5, 0.6) is 0 Å². The predicted molar refractivity (Wildman–Crippen MR) is 110 cm³/mol. The Morgan fingerprint density at radius 3 is 2.39 bits per heavy atom. The number of Topliss-reactive ketones (excluding diaryl/α,β-unsaturated/α-hetero) is 1. The second-order valence-corrected chi connectivity index (χ2v) is 7.47. The van der Waals surface area contributed by atoms with Gasteiger partial charge in [0.2, 0.25) is 11.8 Å². The summed E-state index contributed by atoms with van der Waals surface area (Å²) >= 11 is 5.86. The summed E-state index contributed by atoms with van der Waals surface area (Å²) in [4.78, 5) is 39.1. The van der Waals surface area contributed by atoms with Crippen molar-refractivity contribution in [3.63, 3.8) is 0 Å². The predicted octanol–water partition coefficient (Wildman–Crippen LogP) is 4.24. The number of rotatable bonds is 6. The van der Waals surface area contributed by atoms with Crippen molar-refractivity contribution >= 4 is 34.9 Å². The molecule has 1 fully saturated rings. The smallest absolute Gasteiger partial charge is 0.247 e. The fourth-order valence-electron chi connectivity index (χ4n) is 3.34. The van der Waals surface area contributed by atoms with Crippen LogP contribution in [0.3, 0.4) is 0 Å². The molecule has 0 aromatic heterocycles. The highest BCUT2D eigenvalue weighted by molar-refractivity contribution is 6.30. The molecule has 28 heavy (non-hydrogen) atoms. The Labute approximate surface area is 169 Å². The standard InChI is InChI=1S/C22H23ClN2O3/c1-15-4-6-16(7-5-15)20(26)12-13-21(27)25-14-2-3-19(25)22(28)24-18-10-8-17(23)9-11-18/h4-11,19H,2-3,12-14H2,1H3,(H,24,28)/t19-/m0/s1. The van der Waals surface area contributed by atoms with Crippen molar-refractivity contribution in [3.05, 3.63) is 64.7 Å². The summed E-state index contributed by atoms with van der Waals surface area (Å²) in [5, 5.41) is 3.43. The maximum absolute atomic E-state index is 12.6. The van der Waals surface area contributed by atoms with E-state index in [0.29, 0.717) is 29.2 Å². The van der Waals surface area contributed by atoms with Crippen LogP contribution in [0.4, 0.5) is 5.69 Å². The minimum atomic E-state index is -0.502. The molecule has 3 rings (SSSR count). The Hall–Kier alpha value is -2.66. The lowest BCUT2D eigenvalue weighted by molar-refractivity contribution is -0.136. The molecule has 146 valence electrons. The summed E-state index contributed by atoms with van der Waals surface area (Å²) in [6.07, 6.45) is 1.65. The average Bonchev–Trinajstić information content (AvgIpc) is 3.18. The largest absolute Gasteiger partial charge is 0.331 e. The van der Waals surface area contributed by atoms with Crippen molar-refractivity contribution in [1.82, 2.24) is 4.90 Å².